The first-order chi connectivity index (χ1) is 10.6. The van der Waals surface area contributed by atoms with Crippen molar-refractivity contribution in [2.45, 2.75) is 26.1 Å². The number of nitrogens with zero attached hydrogens (tertiary/aromatic N) is 4. The van der Waals surface area contributed by atoms with E-state index in [4.69, 9.17) is 0 Å². The van der Waals surface area contributed by atoms with Crippen LogP contribution in [0.3, 0.4) is 0 Å². The Balaban J connectivity index is 1.60. The minimum atomic E-state index is 0.0838. The van der Waals surface area contributed by atoms with Gasteiger partial charge in [-0.3, -0.25) is 9.69 Å². The van der Waals surface area contributed by atoms with Crippen molar-refractivity contribution >= 4 is 5.91 Å². The van der Waals surface area contributed by atoms with E-state index in [9.17, 15) is 4.79 Å². The second-order valence-corrected chi connectivity index (χ2v) is 5.84. The third-order valence-corrected chi connectivity index (χ3v) is 4.44. The maximum absolute atomic E-state index is 12.5. The van der Waals surface area contributed by atoms with Gasteiger partial charge in [-0.1, -0.05) is 30.3 Å². The van der Waals surface area contributed by atoms with Crippen LogP contribution >= 0.6 is 0 Å². The third-order valence-electron chi connectivity index (χ3n) is 4.44. The van der Waals surface area contributed by atoms with Gasteiger partial charge in [-0.25, -0.2) is 4.98 Å². The first-order valence-electron chi connectivity index (χ1n) is 7.68. The molecule has 0 N–H and O–H groups in total. The van der Waals surface area contributed by atoms with Gasteiger partial charge in [-0.05, 0) is 12.5 Å². The summed E-state index contributed by atoms with van der Waals surface area (Å²) in [5.74, 6) is 1.19. The second kappa shape index (κ2) is 6.32. The third kappa shape index (κ3) is 3.04. The summed E-state index contributed by atoms with van der Waals surface area (Å²) in [6.45, 7) is 5.05. The van der Waals surface area contributed by atoms with Crippen LogP contribution < -0.4 is 0 Å². The van der Waals surface area contributed by atoms with Crippen LogP contribution in [-0.2, 0) is 17.9 Å². The lowest BCUT2D eigenvalue weighted by atomic mass is 10.1. The second-order valence-electron chi connectivity index (χ2n) is 5.84. The summed E-state index contributed by atoms with van der Waals surface area (Å²) in [6.07, 6.45) is 3.82. The van der Waals surface area contributed by atoms with E-state index >= 15 is 0 Å². The van der Waals surface area contributed by atoms with Gasteiger partial charge in [0.2, 0.25) is 5.91 Å². The summed E-state index contributed by atoms with van der Waals surface area (Å²) in [6, 6.07) is 10.2. The normalized spacial score (nSPS) is 16.1. The smallest absolute Gasteiger partial charge is 0.237 e. The predicted octanol–water partition coefficient (Wildman–Crippen LogP) is 1.92. The molecule has 0 radical (unpaired) electrons. The number of amides is 1. The molecule has 3 rings (SSSR count). The summed E-state index contributed by atoms with van der Waals surface area (Å²) < 4.78 is 2.15. The first-order valence-corrected chi connectivity index (χ1v) is 7.68. The summed E-state index contributed by atoms with van der Waals surface area (Å²) in [5, 5.41) is 0. The largest absolute Gasteiger partial charge is 0.338 e. The molecule has 1 aromatic carbocycles. The van der Waals surface area contributed by atoms with Crippen LogP contribution in [0.4, 0.5) is 0 Å². The Kier molecular flexibility index (Phi) is 4.24. The molecule has 0 aliphatic carbocycles. The van der Waals surface area contributed by atoms with E-state index in [2.05, 4.69) is 33.5 Å². The average molecular weight is 298 g/mol. The maximum atomic E-state index is 12.5. The van der Waals surface area contributed by atoms with Crippen LogP contribution in [0.5, 0.6) is 0 Å². The fraction of sp³-hybridized carbons (Fsp3) is 0.412. The van der Waals surface area contributed by atoms with Gasteiger partial charge in [-0.2, -0.15) is 0 Å². The standard InChI is InChI=1S/C17H22N4O/c1-14(15-6-4-3-5-7-15)19(2)17(22)13-20-10-11-21-9-8-18-16(21)12-20/h3-9,14H,10-13H2,1-2H3/t14-/m0/s1. The van der Waals surface area contributed by atoms with Crippen molar-refractivity contribution < 1.29 is 4.79 Å². The van der Waals surface area contributed by atoms with E-state index in [0.717, 1.165) is 31.0 Å². The number of carbonyl (C=O) groups excluding carboxylic acids is 1. The molecule has 1 amide bonds. The summed E-state index contributed by atoms with van der Waals surface area (Å²) in [5.41, 5.74) is 1.16. The van der Waals surface area contributed by atoms with Gasteiger partial charge < -0.3 is 9.47 Å². The number of benzene rings is 1. The minimum absolute atomic E-state index is 0.0838. The number of fused-ring (bicyclic) bond motifs is 1. The van der Waals surface area contributed by atoms with Crippen molar-refractivity contribution in [3.8, 4) is 0 Å². The van der Waals surface area contributed by atoms with Gasteiger partial charge in [0.05, 0.1) is 19.1 Å². The molecule has 2 heterocycles. The van der Waals surface area contributed by atoms with Gasteiger partial charge in [0.25, 0.3) is 0 Å². The lowest BCUT2D eigenvalue weighted by molar-refractivity contribution is -0.133. The Hall–Kier alpha value is -2.14. The topological polar surface area (TPSA) is 41.4 Å². The molecule has 5 nitrogen and oxygen atoms in total. The molecule has 22 heavy (non-hydrogen) atoms. The molecule has 2 aromatic rings. The molecule has 1 aliphatic heterocycles. The monoisotopic (exact) mass is 298 g/mol. The predicted molar refractivity (Wildman–Crippen MR) is 85.1 cm³/mol. The highest BCUT2D eigenvalue weighted by molar-refractivity contribution is 5.78. The highest BCUT2D eigenvalue weighted by atomic mass is 16.2. The molecule has 0 unspecified atom stereocenters. The lowest BCUT2D eigenvalue weighted by Gasteiger charge is -2.31. The van der Waals surface area contributed by atoms with Crippen molar-refractivity contribution in [2.24, 2.45) is 0 Å². The molecule has 1 aliphatic rings. The van der Waals surface area contributed by atoms with E-state index in [1.54, 1.807) is 0 Å². The van der Waals surface area contributed by atoms with Gasteiger partial charge in [-0.15, -0.1) is 0 Å². The van der Waals surface area contributed by atoms with Crippen molar-refractivity contribution in [2.75, 3.05) is 20.1 Å². The van der Waals surface area contributed by atoms with Crippen molar-refractivity contribution in [3.05, 3.63) is 54.1 Å². The molecular formula is C17H22N4O. The first kappa shape index (κ1) is 14.8. The van der Waals surface area contributed by atoms with Crippen LogP contribution in [0, 0.1) is 0 Å². The number of carbonyl (C=O) groups is 1. The number of aromatic nitrogens is 2. The molecule has 0 bridgehead atoms. The van der Waals surface area contributed by atoms with Crippen molar-refractivity contribution in [1.82, 2.24) is 19.4 Å². The quantitative estimate of drug-likeness (QED) is 0.866. The Labute approximate surface area is 131 Å². The summed E-state index contributed by atoms with van der Waals surface area (Å²) in [7, 11) is 1.88. The van der Waals surface area contributed by atoms with Crippen molar-refractivity contribution in [3.63, 3.8) is 0 Å². The van der Waals surface area contributed by atoms with Crippen LogP contribution in [-0.4, -0.2) is 45.4 Å². The fourth-order valence-electron chi connectivity index (χ4n) is 2.83. The van der Waals surface area contributed by atoms with E-state index in [0.29, 0.717) is 6.54 Å². The molecule has 0 fully saturated rings. The average Bonchev–Trinajstić information content (AvgIpc) is 3.02. The summed E-state index contributed by atoms with van der Waals surface area (Å²) >= 11 is 0. The van der Waals surface area contributed by atoms with Crippen LogP contribution in [0.1, 0.15) is 24.4 Å². The zero-order valence-corrected chi connectivity index (χ0v) is 13.1. The Morgan fingerprint density at radius 3 is 2.86 bits per heavy atom. The van der Waals surface area contributed by atoms with Crippen LogP contribution in [0.25, 0.3) is 0 Å². The van der Waals surface area contributed by atoms with Crippen molar-refractivity contribution in [1.29, 1.82) is 0 Å². The summed E-state index contributed by atoms with van der Waals surface area (Å²) in [4.78, 5) is 20.9. The molecule has 1 atom stereocenters. The lowest BCUT2D eigenvalue weighted by Crippen LogP contribution is -2.42. The van der Waals surface area contributed by atoms with Gasteiger partial charge >= 0.3 is 0 Å². The molecular weight excluding hydrogens is 276 g/mol. The highest BCUT2D eigenvalue weighted by Crippen LogP contribution is 2.19. The molecule has 0 saturated heterocycles. The minimum Gasteiger partial charge on any atom is -0.338 e. The number of rotatable bonds is 4. The van der Waals surface area contributed by atoms with E-state index in [1.807, 2.05) is 42.5 Å². The number of imidazole rings is 1. The van der Waals surface area contributed by atoms with E-state index in [1.165, 1.54) is 0 Å². The Morgan fingerprint density at radius 2 is 2.09 bits per heavy atom. The zero-order chi connectivity index (χ0) is 15.5. The Morgan fingerprint density at radius 1 is 1.32 bits per heavy atom. The highest BCUT2D eigenvalue weighted by Gasteiger charge is 2.23. The molecule has 1 aromatic heterocycles. The van der Waals surface area contributed by atoms with Crippen LogP contribution in [0.2, 0.25) is 0 Å². The molecule has 0 spiro atoms. The number of likely N-dealkylation sites (N-methyl/N-ethyl adjacent to an activating group) is 1. The van der Waals surface area contributed by atoms with Gasteiger partial charge in [0, 0.05) is 32.5 Å². The SMILES string of the molecule is C[C@@H](c1ccccc1)N(C)C(=O)CN1CCn2ccnc2C1. The molecule has 116 valence electrons. The van der Waals surface area contributed by atoms with E-state index in [-0.39, 0.29) is 11.9 Å². The van der Waals surface area contributed by atoms with Gasteiger partial charge in [0.1, 0.15) is 5.82 Å². The fourth-order valence-corrected chi connectivity index (χ4v) is 2.83. The Bertz CT molecular complexity index is 637. The zero-order valence-electron chi connectivity index (χ0n) is 13.1. The molecule has 5 heteroatoms. The number of hydrogen-bond donors (Lipinski definition) is 0. The van der Waals surface area contributed by atoms with E-state index < -0.39 is 0 Å². The number of hydrogen-bond acceptors (Lipinski definition) is 3. The maximum Gasteiger partial charge on any atom is 0.237 e. The van der Waals surface area contributed by atoms with Crippen LogP contribution in [0.15, 0.2) is 42.7 Å². The molecule has 0 saturated carbocycles. The van der Waals surface area contributed by atoms with Gasteiger partial charge in [0.15, 0.2) is 0 Å².